The molecule has 1 aromatic rings. The van der Waals surface area contributed by atoms with Gasteiger partial charge in [-0.25, -0.2) is 0 Å². The summed E-state index contributed by atoms with van der Waals surface area (Å²) in [6.45, 7) is 1.73. The number of halogens is 2. The SMILES string of the molecule is Nc1c(Cl)cc(C(=O)N2CC3CCCC3C2)cc1Cl. The van der Waals surface area contributed by atoms with Crippen molar-refractivity contribution in [2.45, 2.75) is 19.3 Å². The Kier molecular flexibility index (Phi) is 3.35. The zero-order valence-corrected chi connectivity index (χ0v) is 12.0. The molecule has 2 unspecified atom stereocenters. The quantitative estimate of drug-likeness (QED) is 0.807. The van der Waals surface area contributed by atoms with Crippen molar-refractivity contribution in [1.82, 2.24) is 4.90 Å². The van der Waals surface area contributed by atoms with E-state index in [4.69, 9.17) is 28.9 Å². The molecule has 1 aliphatic carbocycles. The number of nitrogens with zero attached hydrogens (tertiary/aromatic N) is 1. The fourth-order valence-electron chi connectivity index (χ4n) is 3.29. The van der Waals surface area contributed by atoms with Crippen LogP contribution in [0.25, 0.3) is 0 Å². The molecule has 1 heterocycles. The summed E-state index contributed by atoms with van der Waals surface area (Å²) >= 11 is 12.0. The predicted molar refractivity (Wildman–Crippen MR) is 77.6 cm³/mol. The number of hydrogen-bond donors (Lipinski definition) is 1. The molecule has 19 heavy (non-hydrogen) atoms. The van der Waals surface area contributed by atoms with Gasteiger partial charge < -0.3 is 10.6 Å². The van der Waals surface area contributed by atoms with E-state index >= 15 is 0 Å². The van der Waals surface area contributed by atoms with Crippen LogP contribution in [0.5, 0.6) is 0 Å². The minimum atomic E-state index is 0.0122. The van der Waals surface area contributed by atoms with Gasteiger partial charge in [0.2, 0.25) is 0 Å². The molecule has 3 nitrogen and oxygen atoms in total. The van der Waals surface area contributed by atoms with Crippen molar-refractivity contribution in [2.75, 3.05) is 18.8 Å². The number of carbonyl (C=O) groups excluding carboxylic acids is 1. The van der Waals surface area contributed by atoms with Crippen LogP contribution in [0, 0.1) is 11.8 Å². The van der Waals surface area contributed by atoms with Crippen molar-refractivity contribution < 1.29 is 4.79 Å². The number of nitrogen functional groups attached to an aromatic ring is 1. The highest BCUT2D eigenvalue weighted by atomic mass is 35.5. The first-order valence-corrected chi connectivity index (χ1v) is 7.35. The van der Waals surface area contributed by atoms with E-state index in [-0.39, 0.29) is 5.91 Å². The van der Waals surface area contributed by atoms with Gasteiger partial charge >= 0.3 is 0 Å². The number of rotatable bonds is 1. The first-order chi connectivity index (χ1) is 9.06. The molecule has 1 aliphatic heterocycles. The van der Waals surface area contributed by atoms with Crippen molar-refractivity contribution in [2.24, 2.45) is 11.8 Å². The lowest BCUT2D eigenvalue weighted by Gasteiger charge is -2.18. The summed E-state index contributed by atoms with van der Waals surface area (Å²) in [7, 11) is 0. The molecular weight excluding hydrogens is 283 g/mol. The molecule has 1 saturated carbocycles. The number of benzene rings is 1. The van der Waals surface area contributed by atoms with Crippen molar-refractivity contribution in [1.29, 1.82) is 0 Å². The Morgan fingerprint density at radius 3 is 2.21 bits per heavy atom. The summed E-state index contributed by atoms with van der Waals surface area (Å²) in [6, 6.07) is 3.22. The predicted octanol–water partition coefficient (Wildman–Crippen LogP) is 3.45. The Balaban J connectivity index is 1.81. The van der Waals surface area contributed by atoms with E-state index in [9.17, 15) is 4.79 Å². The maximum absolute atomic E-state index is 12.5. The van der Waals surface area contributed by atoms with Crippen molar-refractivity contribution in [3.63, 3.8) is 0 Å². The zero-order valence-electron chi connectivity index (χ0n) is 10.5. The van der Waals surface area contributed by atoms with Crippen molar-refractivity contribution >= 4 is 34.8 Å². The van der Waals surface area contributed by atoms with Crippen LogP contribution in [0.1, 0.15) is 29.6 Å². The van der Waals surface area contributed by atoms with Gasteiger partial charge in [-0.2, -0.15) is 0 Å². The first-order valence-electron chi connectivity index (χ1n) is 6.60. The Morgan fingerprint density at radius 2 is 1.68 bits per heavy atom. The van der Waals surface area contributed by atoms with Crippen LogP contribution in [0.15, 0.2) is 12.1 Å². The molecule has 2 N–H and O–H groups in total. The standard InChI is InChI=1S/C14H16Cl2N2O/c15-11-4-10(5-12(16)13(11)17)14(19)18-6-8-2-1-3-9(8)7-18/h4-5,8-9H,1-3,6-7,17H2. The molecule has 1 amide bonds. The largest absolute Gasteiger partial charge is 0.396 e. The van der Waals surface area contributed by atoms with E-state index in [2.05, 4.69) is 0 Å². The average Bonchev–Trinajstić information content (AvgIpc) is 2.94. The Morgan fingerprint density at radius 1 is 1.16 bits per heavy atom. The number of likely N-dealkylation sites (tertiary alicyclic amines) is 1. The fraction of sp³-hybridized carbons (Fsp3) is 0.500. The van der Waals surface area contributed by atoms with E-state index in [0.29, 0.717) is 33.1 Å². The second-order valence-electron chi connectivity index (χ2n) is 5.51. The molecule has 0 spiro atoms. The van der Waals surface area contributed by atoms with Crippen LogP contribution >= 0.6 is 23.2 Å². The maximum atomic E-state index is 12.5. The summed E-state index contributed by atoms with van der Waals surface area (Å²) in [6.07, 6.45) is 3.80. The monoisotopic (exact) mass is 298 g/mol. The lowest BCUT2D eigenvalue weighted by molar-refractivity contribution is 0.0780. The Labute approximate surface area is 122 Å². The number of nitrogens with two attached hydrogens (primary N) is 1. The molecule has 1 aromatic carbocycles. The van der Waals surface area contributed by atoms with Gasteiger partial charge in [0.1, 0.15) is 0 Å². The third kappa shape index (κ3) is 2.30. The number of fused-ring (bicyclic) bond motifs is 1. The highest BCUT2D eigenvalue weighted by Gasteiger charge is 2.38. The third-order valence-electron chi connectivity index (χ3n) is 4.34. The maximum Gasteiger partial charge on any atom is 0.253 e. The minimum absolute atomic E-state index is 0.0122. The second kappa shape index (κ2) is 4.88. The van der Waals surface area contributed by atoms with Gasteiger partial charge in [-0.1, -0.05) is 29.6 Å². The highest BCUT2D eigenvalue weighted by molar-refractivity contribution is 6.39. The lowest BCUT2D eigenvalue weighted by Crippen LogP contribution is -2.29. The van der Waals surface area contributed by atoms with Crippen LogP contribution in [0.2, 0.25) is 10.0 Å². The molecule has 102 valence electrons. The number of carbonyl (C=O) groups is 1. The van der Waals surface area contributed by atoms with Gasteiger partial charge in [-0.05, 0) is 36.8 Å². The Bertz CT molecular complexity index is 497. The summed E-state index contributed by atoms with van der Waals surface area (Å²) in [5.41, 5.74) is 6.55. The van der Waals surface area contributed by atoms with E-state index < -0.39 is 0 Å². The van der Waals surface area contributed by atoms with Crippen LogP contribution in [-0.4, -0.2) is 23.9 Å². The highest BCUT2D eigenvalue weighted by Crippen LogP contribution is 2.38. The van der Waals surface area contributed by atoms with Crippen LogP contribution < -0.4 is 5.73 Å². The first kappa shape index (κ1) is 13.1. The summed E-state index contributed by atoms with van der Waals surface area (Å²) < 4.78 is 0. The molecule has 3 rings (SSSR count). The molecule has 2 fully saturated rings. The van der Waals surface area contributed by atoms with Gasteiger partial charge in [-0.15, -0.1) is 0 Å². The zero-order chi connectivity index (χ0) is 13.6. The summed E-state index contributed by atoms with van der Waals surface area (Å²) in [5.74, 6) is 1.38. The molecule has 2 atom stereocenters. The lowest BCUT2D eigenvalue weighted by atomic mass is 10.0. The van der Waals surface area contributed by atoms with E-state index in [0.717, 1.165) is 13.1 Å². The normalized spacial score (nSPS) is 25.7. The van der Waals surface area contributed by atoms with Gasteiger partial charge in [0.25, 0.3) is 5.91 Å². The van der Waals surface area contributed by atoms with Crippen LogP contribution in [0.4, 0.5) is 5.69 Å². The third-order valence-corrected chi connectivity index (χ3v) is 4.96. The van der Waals surface area contributed by atoms with E-state index in [1.54, 1.807) is 12.1 Å². The smallest absolute Gasteiger partial charge is 0.253 e. The topological polar surface area (TPSA) is 46.3 Å². The molecule has 0 radical (unpaired) electrons. The van der Waals surface area contributed by atoms with Crippen molar-refractivity contribution in [3.8, 4) is 0 Å². The minimum Gasteiger partial charge on any atom is -0.396 e. The Hall–Kier alpha value is -0.930. The molecule has 1 saturated heterocycles. The fourth-order valence-corrected chi connectivity index (χ4v) is 3.78. The van der Waals surface area contributed by atoms with E-state index in [1.165, 1.54) is 19.3 Å². The van der Waals surface area contributed by atoms with E-state index in [1.807, 2.05) is 4.90 Å². The molecular formula is C14H16Cl2N2O. The van der Waals surface area contributed by atoms with Gasteiger partial charge in [-0.3, -0.25) is 4.79 Å². The molecule has 0 bridgehead atoms. The molecule has 0 aromatic heterocycles. The number of hydrogen-bond acceptors (Lipinski definition) is 2. The van der Waals surface area contributed by atoms with Crippen molar-refractivity contribution in [3.05, 3.63) is 27.7 Å². The van der Waals surface area contributed by atoms with Gasteiger partial charge in [0, 0.05) is 18.7 Å². The number of amides is 1. The van der Waals surface area contributed by atoms with Crippen LogP contribution in [0.3, 0.4) is 0 Å². The van der Waals surface area contributed by atoms with Crippen LogP contribution in [-0.2, 0) is 0 Å². The molecule has 5 heteroatoms. The van der Waals surface area contributed by atoms with Gasteiger partial charge in [0.05, 0.1) is 15.7 Å². The average molecular weight is 299 g/mol. The number of anilines is 1. The molecule has 2 aliphatic rings. The second-order valence-corrected chi connectivity index (χ2v) is 6.33. The summed E-state index contributed by atoms with van der Waals surface area (Å²) in [4.78, 5) is 14.4. The van der Waals surface area contributed by atoms with Gasteiger partial charge in [0.15, 0.2) is 0 Å². The summed E-state index contributed by atoms with van der Waals surface area (Å²) in [5, 5.41) is 0.686.